The van der Waals surface area contributed by atoms with Gasteiger partial charge in [0.05, 0.1) is 5.52 Å². The highest BCUT2D eigenvalue weighted by Crippen LogP contribution is 2.30. The van der Waals surface area contributed by atoms with Gasteiger partial charge in [-0.2, -0.15) is 0 Å². The summed E-state index contributed by atoms with van der Waals surface area (Å²) in [6.45, 7) is 5.97. The molecule has 5 heteroatoms. The van der Waals surface area contributed by atoms with Gasteiger partial charge in [-0.1, -0.05) is 6.92 Å². The maximum atomic E-state index is 14.1. The highest BCUT2D eigenvalue weighted by atomic mass is 35.5. The average Bonchev–Trinajstić information content (AvgIpc) is 2.74. The van der Waals surface area contributed by atoms with Gasteiger partial charge in [0, 0.05) is 17.8 Å². The molecule has 0 aliphatic heterocycles. The van der Waals surface area contributed by atoms with Crippen molar-refractivity contribution in [3.8, 4) is 0 Å². The lowest BCUT2D eigenvalue weighted by Crippen LogP contribution is -2.27. The molecule has 2 nitrogen and oxygen atoms in total. The fourth-order valence-electron chi connectivity index (χ4n) is 2.21. The van der Waals surface area contributed by atoms with E-state index >= 15 is 0 Å². The number of benzene rings is 1. The first-order valence-electron chi connectivity index (χ1n) is 6.34. The number of fused-ring (bicyclic) bond motifs is 1. The molecule has 0 N–H and O–H groups in total. The van der Waals surface area contributed by atoms with E-state index in [2.05, 4.69) is 4.98 Å². The van der Waals surface area contributed by atoms with Gasteiger partial charge in [0.1, 0.15) is 11.3 Å². The van der Waals surface area contributed by atoms with Crippen LogP contribution < -0.4 is 0 Å². The normalized spacial score (nSPS) is 12.3. The molecule has 0 aliphatic carbocycles. The van der Waals surface area contributed by atoms with E-state index in [0.717, 1.165) is 12.5 Å². The lowest BCUT2D eigenvalue weighted by atomic mass is 10.0. The van der Waals surface area contributed by atoms with Gasteiger partial charge in [-0.25, -0.2) is 13.8 Å². The molecule has 0 radical (unpaired) electrons. The van der Waals surface area contributed by atoms with Crippen molar-refractivity contribution in [2.75, 3.05) is 5.88 Å². The Bertz CT molecular complexity index is 605. The molecule has 1 heterocycles. The van der Waals surface area contributed by atoms with Gasteiger partial charge < -0.3 is 4.57 Å². The SMILES string of the molecule is CCC(C)(C)n1c(CCCl)nc2ccc(F)c(F)c21. The molecule has 0 spiro atoms. The van der Waals surface area contributed by atoms with Crippen LogP contribution in [0.1, 0.15) is 33.0 Å². The van der Waals surface area contributed by atoms with Crippen molar-refractivity contribution >= 4 is 22.6 Å². The number of hydrogen-bond acceptors (Lipinski definition) is 1. The molecule has 0 fully saturated rings. The molecule has 1 aromatic carbocycles. The van der Waals surface area contributed by atoms with E-state index < -0.39 is 11.6 Å². The number of hydrogen-bond donors (Lipinski definition) is 0. The Hall–Kier alpha value is -1.16. The zero-order valence-electron chi connectivity index (χ0n) is 11.3. The Morgan fingerprint density at radius 3 is 2.58 bits per heavy atom. The summed E-state index contributed by atoms with van der Waals surface area (Å²) >= 11 is 5.78. The minimum Gasteiger partial charge on any atom is -0.320 e. The maximum absolute atomic E-state index is 14.1. The highest BCUT2D eigenvalue weighted by molar-refractivity contribution is 6.17. The van der Waals surface area contributed by atoms with Gasteiger partial charge >= 0.3 is 0 Å². The van der Waals surface area contributed by atoms with Crippen molar-refractivity contribution in [2.45, 2.75) is 39.2 Å². The van der Waals surface area contributed by atoms with E-state index in [4.69, 9.17) is 11.6 Å². The van der Waals surface area contributed by atoms with Crippen molar-refractivity contribution in [2.24, 2.45) is 0 Å². The average molecular weight is 287 g/mol. The third-order valence-electron chi connectivity index (χ3n) is 3.57. The Kier molecular flexibility index (Phi) is 3.81. The van der Waals surface area contributed by atoms with Crippen LogP contribution in [0.5, 0.6) is 0 Å². The van der Waals surface area contributed by atoms with Gasteiger partial charge in [-0.3, -0.25) is 0 Å². The fourth-order valence-corrected chi connectivity index (χ4v) is 2.38. The molecule has 1 aromatic heterocycles. The summed E-state index contributed by atoms with van der Waals surface area (Å²) in [6.07, 6.45) is 1.31. The number of aryl methyl sites for hydroxylation is 1. The molecule has 0 aliphatic rings. The fraction of sp³-hybridized carbons (Fsp3) is 0.500. The van der Waals surface area contributed by atoms with E-state index in [1.165, 1.54) is 6.07 Å². The van der Waals surface area contributed by atoms with Crippen LogP contribution in [0.25, 0.3) is 11.0 Å². The Morgan fingerprint density at radius 2 is 2.00 bits per heavy atom. The maximum Gasteiger partial charge on any atom is 0.184 e. The lowest BCUT2D eigenvalue weighted by Gasteiger charge is -2.28. The summed E-state index contributed by atoms with van der Waals surface area (Å²) in [7, 11) is 0. The third kappa shape index (κ3) is 2.34. The molecular weight excluding hydrogens is 270 g/mol. The summed E-state index contributed by atoms with van der Waals surface area (Å²) in [5.41, 5.74) is 0.359. The molecule has 2 aromatic rings. The third-order valence-corrected chi connectivity index (χ3v) is 3.76. The first kappa shape index (κ1) is 14.3. The summed E-state index contributed by atoms with van der Waals surface area (Å²) in [6, 6.07) is 2.62. The van der Waals surface area contributed by atoms with Crippen LogP contribution in [-0.2, 0) is 12.0 Å². The number of nitrogens with zero attached hydrogens (tertiary/aromatic N) is 2. The van der Waals surface area contributed by atoms with E-state index in [1.807, 2.05) is 20.8 Å². The second-order valence-electron chi connectivity index (χ2n) is 5.20. The number of rotatable bonds is 4. The number of imidazole rings is 1. The highest BCUT2D eigenvalue weighted by Gasteiger charge is 2.26. The first-order chi connectivity index (χ1) is 8.92. The standard InChI is InChI=1S/C14H17ClF2N2/c1-4-14(2,3)19-11(7-8-15)18-10-6-5-9(16)12(17)13(10)19/h5-6H,4,7-8H2,1-3H3. The van der Waals surface area contributed by atoms with Gasteiger partial charge in [0.2, 0.25) is 0 Å². The van der Waals surface area contributed by atoms with Crippen LogP contribution in [0.3, 0.4) is 0 Å². The quantitative estimate of drug-likeness (QED) is 0.769. The van der Waals surface area contributed by atoms with E-state index in [-0.39, 0.29) is 11.1 Å². The van der Waals surface area contributed by atoms with Gasteiger partial charge in [0.25, 0.3) is 0 Å². The summed E-state index contributed by atoms with van der Waals surface area (Å²) < 4.78 is 29.4. The predicted octanol–water partition coefficient (Wildman–Crippen LogP) is 4.24. The van der Waals surface area contributed by atoms with Crippen LogP contribution >= 0.6 is 11.6 Å². The number of aromatic nitrogens is 2. The largest absolute Gasteiger partial charge is 0.320 e. The molecular formula is C14H17ClF2N2. The van der Waals surface area contributed by atoms with Gasteiger partial charge in [0.15, 0.2) is 11.6 Å². The Morgan fingerprint density at radius 1 is 1.32 bits per heavy atom. The van der Waals surface area contributed by atoms with Crippen molar-refractivity contribution in [3.05, 3.63) is 29.6 Å². The van der Waals surface area contributed by atoms with Crippen LogP contribution in [0.4, 0.5) is 8.78 Å². The molecule has 0 bridgehead atoms. The minimum atomic E-state index is -0.849. The molecule has 0 atom stereocenters. The van der Waals surface area contributed by atoms with Crippen molar-refractivity contribution in [1.82, 2.24) is 9.55 Å². The van der Waals surface area contributed by atoms with E-state index in [9.17, 15) is 8.78 Å². The molecule has 104 valence electrons. The van der Waals surface area contributed by atoms with Crippen molar-refractivity contribution in [3.63, 3.8) is 0 Å². The Labute approximate surface area is 116 Å². The van der Waals surface area contributed by atoms with Crippen LogP contribution in [0.2, 0.25) is 0 Å². The minimum absolute atomic E-state index is 0.229. The second kappa shape index (κ2) is 5.08. The van der Waals surface area contributed by atoms with Crippen LogP contribution in [0.15, 0.2) is 12.1 Å². The Balaban J connectivity index is 2.82. The molecule has 2 rings (SSSR count). The monoisotopic (exact) mass is 286 g/mol. The van der Waals surface area contributed by atoms with Crippen molar-refractivity contribution in [1.29, 1.82) is 0 Å². The zero-order valence-corrected chi connectivity index (χ0v) is 12.1. The molecule has 0 saturated heterocycles. The molecule has 19 heavy (non-hydrogen) atoms. The number of halogens is 3. The summed E-state index contributed by atoms with van der Waals surface area (Å²) in [4.78, 5) is 4.39. The van der Waals surface area contributed by atoms with Crippen LogP contribution in [0, 0.1) is 11.6 Å². The first-order valence-corrected chi connectivity index (χ1v) is 6.87. The zero-order chi connectivity index (χ0) is 14.2. The number of alkyl halides is 1. The lowest BCUT2D eigenvalue weighted by molar-refractivity contribution is 0.338. The molecule has 0 saturated carbocycles. The summed E-state index contributed by atoms with van der Waals surface area (Å²) in [5, 5.41) is 0. The van der Waals surface area contributed by atoms with Gasteiger partial charge in [-0.05, 0) is 32.4 Å². The van der Waals surface area contributed by atoms with Crippen molar-refractivity contribution < 1.29 is 8.78 Å². The predicted molar refractivity (Wildman–Crippen MR) is 73.7 cm³/mol. The smallest absolute Gasteiger partial charge is 0.184 e. The van der Waals surface area contributed by atoms with Gasteiger partial charge in [-0.15, -0.1) is 11.6 Å². The molecule has 0 amide bonds. The summed E-state index contributed by atoms with van der Waals surface area (Å²) in [5.74, 6) is -0.598. The molecule has 0 unspecified atom stereocenters. The topological polar surface area (TPSA) is 17.8 Å². The van der Waals surface area contributed by atoms with E-state index in [1.54, 1.807) is 4.57 Å². The van der Waals surface area contributed by atoms with Crippen LogP contribution in [-0.4, -0.2) is 15.4 Å². The van der Waals surface area contributed by atoms with E-state index in [0.29, 0.717) is 23.6 Å². The second-order valence-corrected chi connectivity index (χ2v) is 5.58.